The molecule has 120 valence electrons. The minimum absolute atomic E-state index is 0.255. The van der Waals surface area contributed by atoms with Gasteiger partial charge in [-0.2, -0.15) is 18.7 Å². The van der Waals surface area contributed by atoms with Gasteiger partial charge in [-0.05, 0) is 19.1 Å². The number of nitrogens with zero attached hydrogens (tertiary/aromatic N) is 1. The van der Waals surface area contributed by atoms with Gasteiger partial charge in [0.15, 0.2) is 5.01 Å². The third-order valence-corrected chi connectivity index (χ3v) is 3.50. The Hall–Kier alpha value is -1.64. The van der Waals surface area contributed by atoms with Crippen LogP contribution < -0.4 is 10.2 Å². The largest absolute Gasteiger partial charge is 0.491 e. The Morgan fingerprint density at radius 3 is 2.73 bits per heavy atom. The van der Waals surface area contributed by atoms with Gasteiger partial charge in [0.1, 0.15) is 12.4 Å². The first kappa shape index (κ1) is 16.7. The van der Waals surface area contributed by atoms with Crippen LogP contribution in [0.15, 0.2) is 29.6 Å². The van der Waals surface area contributed by atoms with Crippen molar-refractivity contribution in [1.29, 1.82) is 0 Å². The van der Waals surface area contributed by atoms with Crippen LogP contribution >= 0.6 is 11.3 Å². The molecule has 1 N–H and O–H groups in total. The summed E-state index contributed by atoms with van der Waals surface area (Å²) >= 11 is 0.571. The van der Waals surface area contributed by atoms with Gasteiger partial charge in [-0.15, -0.1) is 11.3 Å². The molecule has 4 nitrogen and oxygen atoms in total. The molecular weight excluding hydrogens is 317 g/mol. The van der Waals surface area contributed by atoms with Crippen molar-refractivity contribution in [2.75, 3.05) is 19.8 Å². The summed E-state index contributed by atoms with van der Waals surface area (Å²) in [6, 6.07) is 6.86. The molecule has 0 unspecified atom stereocenters. The molecule has 1 aromatic carbocycles. The molecule has 1 heterocycles. The summed E-state index contributed by atoms with van der Waals surface area (Å²) < 4.78 is 43.5. The summed E-state index contributed by atoms with van der Waals surface area (Å²) in [6.45, 7) is 3.18. The molecule has 0 spiro atoms. The van der Waals surface area contributed by atoms with E-state index in [2.05, 4.69) is 10.5 Å². The summed E-state index contributed by atoms with van der Waals surface area (Å²) in [5, 5.41) is 0.513. The average molecular weight is 332 g/mol. The molecule has 0 amide bonds. The van der Waals surface area contributed by atoms with E-state index in [1.54, 1.807) is 24.3 Å². The highest BCUT2D eigenvalue weighted by atomic mass is 32.1. The highest BCUT2D eigenvalue weighted by Crippen LogP contribution is 2.36. The number of rotatable bonds is 7. The molecule has 2 rings (SSSR count). The van der Waals surface area contributed by atoms with Crippen LogP contribution in [0.3, 0.4) is 0 Å². The number of ether oxygens (including phenoxy) is 1. The van der Waals surface area contributed by atoms with E-state index in [0.717, 1.165) is 0 Å². The van der Waals surface area contributed by atoms with E-state index in [4.69, 9.17) is 9.57 Å². The number of benzene rings is 1. The van der Waals surface area contributed by atoms with Crippen molar-refractivity contribution in [2.45, 2.75) is 13.1 Å². The summed E-state index contributed by atoms with van der Waals surface area (Å²) in [6.07, 6.45) is -4.43. The van der Waals surface area contributed by atoms with Gasteiger partial charge in [0.05, 0.1) is 18.8 Å². The molecule has 0 radical (unpaired) electrons. The van der Waals surface area contributed by atoms with E-state index in [9.17, 15) is 13.2 Å². The number of nitrogens with one attached hydrogen (secondary N) is 1. The predicted molar refractivity (Wildman–Crippen MR) is 77.7 cm³/mol. The molecule has 22 heavy (non-hydrogen) atoms. The van der Waals surface area contributed by atoms with Gasteiger partial charge in [0.2, 0.25) is 0 Å². The Labute approximate surface area is 129 Å². The van der Waals surface area contributed by atoms with E-state index >= 15 is 0 Å². The van der Waals surface area contributed by atoms with Crippen molar-refractivity contribution in [3.8, 4) is 17.0 Å². The first-order chi connectivity index (χ1) is 10.5. The number of hydroxylamine groups is 1. The lowest BCUT2D eigenvalue weighted by atomic mass is 10.1. The number of hydrogen-bond donors (Lipinski definition) is 1. The fourth-order valence-corrected chi connectivity index (χ4v) is 2.40. The first-order valence-corrected chi connectivity index (χ1v) is 7.50. The maximum Gasteiger partial charge on any atom is 0.443 e. The van der Waals surface area contributed by atoms with Crippen molar-refractivity contribution in [3.05, 3.63) is 34.7 Å². The van der Waals surface area contributed by atoms with Crippen LogP contribution in [-0.4, -0.2) is 24.7 Å². The molecule has 0 aliphatic heterocycles. The number of halogens is 3. The topological polar surface area (TPSA) is 43.4 Å². The predicted octanol–water partition coefficient (Wildman–Crippen LogP) is 3.75. The number of aromatic nitrogens is 1. The Morgan fingerprint density at radius 2 is 2.05 bits per heavy atom. The zero-order valence-corrected chi connectivity index (χ0v) is 12.6. The van der Waals surface area contributed by atoms with Crippen LogP contribution in [0.2, 0.25) is 0 Å². The normalized spacial score (nSPS) is 11.6. The SMILES string of the molecule is CCONCCOc1ccccc1-c1csc(C(F)(F)F)n1. The minimum Gasteiger partial charge on any atom is -0.491 e. The van der Waals surface area contributed by atoms with Crippen molar-refractivity contribution >= 4 is 11.3 Å². The number of alkyl halides is 3. The van der Waals surface area contributed by atoms with Crippen molar-refractivity contribution in [2.24, 2.45) is 0 Å². The second kappa shape index (κ2) is 7.57. The minimum atomic E-state index is -4.43. The van der Waals surface area contributed by atoms with Gasteiger partial charge in [-0.25, -0.2) is 4.98 Å². The molecule has 0 aliphatic carbocycles. The van der Waals surface area contributed by atoms with Crippen molar-refractivity contribution in [3.63, 3.8) is 0 Å². The van der Waals surface area contributed by atoms with Crippen LogP contribution in [0.4, 0.5) is 13.2 Å². The number of para-hydroxylation sites is 1. The van der Waals surface area contributed by atoms with Crippen LogP contribution in [-0.2, 0) is 11.0 Å². The van der Waals surface area contributed by atoms with E-state index in [-0.39, 0.29) is 5.69 Å². The lowest BCUT2D eigenvalue weighted by Crippen LogP contribution is -2.21. The zero-order valence-electron chi connectivity index (χ0n) is 11.8. The van der Waals surface area contributed by atoms with Crippen LogP contribution in [0.1, 0.15) is 11.9 Å². The zero-order chi connectivity index (χ0) is 16.0. The van der Waals surface area contributed by atoms with E-state index < -0.39 is 11.2 Å². The third kappa shape index (κ3) is 4.43. The van der Waals surface area contributed by atoms with E-state index in [1.807, 2.05) is 6.92 Å². The van der Waals surface area contributed by atoms with Gasteiger partial charge < -0.3 is 9.57 Å². The van der Waals surface area contributed by atoms with Gasteiger partial charge in [0.25, 0.3) is 0 Å². The fraction of sp³-hybridized carbons (Fsp3) is 0.357. The van der Waals surface area contributed by atoms with Crippen LogP contribution in [0.25, 0.3) is 11.3 Å². The summed E-state index contributed by atoms with van der Waals surface area (Å²) in [7, 11) is 0. The summed E-state index contributed by atoms with van der Waals surface area (Å²) in [5.41, 5.74) is 3.49. The lowest BCUT2D eigenvalue weighted by Gasteiger charge is -2.10. The van der Waals surface area contributed by atoms with Crippen molar-refractivity contribution < 1.29 is 22.7 Å². The van der Waals surface area contributed by atoms with Gasteiger partial charge >= 0.3 is 6.18 Å². The first-order valence-electron chi connectivity index (χ1n) is 6.62. The van der Waals surface area contributed by atoms with Crippen LogP contribution in [0.5, 0.6) is 5.75 Å². The molecule has 8 heteroatoms. The molecule has 0 aliphatic rings. The highest BCUT2D eigenvalue weighted by Gasteiger charge is 2.34. The summed E-state index contributed by atoms with van der Waals surface area (Å²) in [4.78, 5) is 8.60. The maximum atomic E-state index is 12.6. The summed E-state index contributed by atoms with van der Waals surface area (Å²) in [5.74, 6) is 0.486. The molecule has 0 atom stereocenters. The quantitative estimate of drug-likeness (QED) is 0.619. The second-order valence-corrected chi connectivity index (χ2v) is 5.07. The molecule has 1 aromatic heterocycles. The van der Waals surface area contributed by atoms with E-state index in [1.165, 1.54) is 5.38 Å². The van der Waals surface area contributed by atoms with Gasteiger partial charge in [0, 0.05) is 10.9 Å². The van der Waals surface area contributed by atoms with Gasteiger partial charge in [-0.1, -0.05) is 12.1 Å². The average Bonchev–Trinajstić information content (AvgIpc) is 2.97. The molecule has 0 fully saturated rings. The molecule has 0 saturated carbocycles. The number of thiazole rings is 1. The fourth-order valence-electron chi connectivity index (χ4n) is 1.71. The highest BCUT2D eigenvalue weighted by molar-refractivity contribution is 7.10. The smallest absolute Gasteiger partial charge is 0.443 e. The van der Waals surface area contributed by atoms with Crippen LogP contribution in [0, 0.1) is 0 Å². The standard InChI is InChI=1S/C14H15F3N2O2S/c1-2-21-18-7-8-20-12-6-4-3-5-10(12)11-9-22-13(19-11)14(15,16)17/h3-6,9,18H,2,7-8H2,1H3. The number of hydrogen-bond acceptors (Lipinski definition) is 5. The van der Waals surface area contributed by atoms with Crippen molar-refractivity contribution in [1.82, 2.24) is 10.5 Å². The Morgan fingerprint density at radius 1 is 1.27 bits per heavy atom. The second-order valence-electron chi connectivity index (χ2n) is 4.21. The third-order valence-electron chi connectivity index (χ3n) is 2.62. The Bertz CT molecular complexity index is 602. The molecule has 0 saturated heterocycles. The molecule has 0 bridgehead atoms. The van der Waals surface area contributed by atoms with Gasteiger partial charge in [-0.3, -0.25) is 0 Å². The molecule has 2 aromatic rings. The lowest BCUT2D eigenvalue weighted by molar-refractivity contribution is -0.137. The van der Waals surface area contributed by atoms with E-state index in [0.29, 0.717) is 42.4 Å². The maximum absolute atomic E-state index is 12.6. The Kier molecular flexibility index (Phi) is 5.76. The monoisotopic (exact) mass is 332 g/mol. The Balaban J connectivity index is 2.09. The molecular formula is C14H15F3N2O2S.